The fraction of sp³-hybridized carbons (Fsp3) is 0.140. The van der Waals surface area contributed by atoms with Gasteiger partial charge in [-0.25, -0.2) is 15.0 Å². The molecule has 8 aromatic carbocycles. The first kappa shape index (κ1) is 36.5. The highest BCUT2D eigenvalue weighted by Crippen LogP contribution is 2.48. The predicted octanol–water partition coefficient (Wildman–Crippen LogP) is 14.6. The van der Waals surface area contributed by atoms with Crippen LogP contribution in [0.3, 0.4) is 0 Å². The Bertz CT molecular complexity index is 3580. The summed E-state index contributed by atoms with van der Waals surface area (Å²) in [6, 6.07) is 63.2. The summed E-state index contributed by atoms with van der Waals surface area (Å²) in [5.74, 6) is 1.91. The highest BCUT2D eigenvalue weighted by atomic mass is 15.0. The standard InChI is InChI=1S/C57H45N5/c1-56(2)30-31-57(3,4)48-35-52-46(34-47(48)56)43-24-11-13-27-50(43)62(52)40-21-14-18-37(32-40)53-58-54(60-55(59-53)44-25-15-17-36-16-8-9-22-41(36)44)38-28-29-51-45(33-38)42-23-10-12-26-49(42)61(51)39-19-6-5-7-20-39/h5-29,32-35H,30-31H2,1-4H3. The number of nitrogens with zero attached hydrogens (tertiary/aromatic N) is 5. The molecule has 1 aliphatic carbocycles. The molecule has 0 unspecified atom stereocenters. The zero-order valence-corrected chi connectivity index (χ0v) is 35.4. The predicted molar refractivity (Wildman–Crippen MR) is 258 cm³/mol. The highest BCUT2D eigenvalue weighted by Gasteiger charge is 2.38. The minimum Gasteiger partial charge on any atom is -0.309 e. The molecule has 5 nitrogen and oxygen atoms in total. The van der Waals surface area contributed by atoms with E-state index in [1.54, 1.807) is 0 Å². The zero-order chi connectivity index (χ0) is 41.7. The number of para-hydroxylation sites is 3. The number of rotatable bonds is 5. The lowest BCUT2D eigenvalue weighted by molar-refractivity contribution is 0.332. The molecule has 1 aliphatic rings. The second-order valence-electron chi connectivity index (χ2n) is 18.3. The second kappa shape index (κ2) is 13.6. The summed E-state index contributed by atoms with van der Waals surface area (Å²) in [6.07, 6.45) is 2.34. The van der Waals surface area contributed by atoms with Gasteiger partial charge in [-0.3, -0.25) is 0 Å². The fourth-order valence-corrected chi connectivity index (χ4v) is 10.2. The number of benzene rings is 8. The Morgan fingerprint density at radius 3 is 1.61 bits per heavy atom. The van der Waals surface area contributed by atoms with Crippen LogP contribution in [0.2, 0.25) is 0 Å². The van der Waals surface area contributed by atoms with E-state index in [4.69, 9.17) is 15.0 Å². The number of fused-ring (bicyclic) bond motifs is 8. The van der Waals surface area contributed by atoms with E-state index < -0.39 is 0 Å². The third kappa shape index (κ3) is 5.65. The van der Waals surface area contributed by atoms with Crippen LogP contribution in [0.1, 0.15) is 51.7 Å². The maximum Gasteiger partial charge on any atom is 0.164 e. The van der Waals surface area contributed by atoms with Gasteiger partial charge in [-0.2, -0.15) is 0 Å². The molecule has 0 N–H and O–H groups in total. The molecular formula is C57H45N5. The van der Waals surface area contributed by atoms with Crippen molar-refractivity contribution in [2.75, 3.05) is 0 Å². The molecule has 0 atom stereocenters. The molecule has 3 heterocycles. The molecule has 298 valence electrons. The molecule has 0 amide bonds. The van der Waals surface area contributed by atoms with Crippen LogP contribution in [0.25, 0.3) is 99.9 Å². The highest BCUT2D eigenvalue weighted by molar-refractivity contribution is 6.11. The first-order valence-corrected chi connectivity index (χ1v) is 21.7. The molecule has 62 heavy (non-hydrogen) atoms. The van der Waals surface area contributed by atoms with Gasteiger partial charge in [0.2, 0.25) is 0 Å². The van der Waals surface area contributed by atoms with E-state index in [1.165, 1.54) is 44.7 Å². The Labute approximate surface area is 361 Å². The third-order valence-electron chi connectivity index (χ3n) is 13.6. The Balaban J connectivity index is 1.07. The molecule has 3 aromatic heterocycles. The van der Waals surface area contributed by atoms with E-state index in [0.717, 1.165) is 61.7 Å². The lowest BCUT2D eigenvalue weighted by Crippen LogP contribution is -2.33. The molecule has 0 saturated heterocycles. The topological polar surface area (TPSA) is 48.5 Å². The first-order valence-electron chi connectivity index (χ1n) is 21.7. The molecule has 0 saturated carbocycles. The summed E-state index contributed by atoms with van der Waals surface area (Å²) in [4.78, 5) is 15.9. The molecule has 0 radical (unpaired) electrons. The van der Waals surface area contributed by atoms with Crippen LogP contribution in [0.15, 0.2) is 176 Å². The van der Waals surface area contributed by atoms with Gasteiger partial charge < -0.3 is 9.13 Å². The Kier molecular flexibility index (Phi) is 7.98. The van der Waals surface area contributed by atoms with Crippen LogP contribution >= 0.6 is 0 Å². The van der Waals surface area contributed by atoms with Crippen LogP contribution in [-0.4, -0.2) is 24.1 Å². The van der Waals surface area contributed by atoms with Crippen LogP contribution in [-0.2, 0) is 10.8 Å². The lowest BCUT2D eigenvalue weighted by Gasteiger charge is -2.42. The first-order chi connectivity index (χ1) is 30.2. The number of hydrogen-bond donors (Lipinski definition) is 0. The van der Waals surface area contributed by atoms with Gasteiger partial charge in [0.15, 0.2) is 17.5 Å². The maximum atomic E-state index is 5.33. The van der Waals surface area contributed by atoms with Crippen LogP contribution in [0.4, 0.5) is 0 Å². The van der Waals surface area contributed by atoms with E-state index in [-0.39, 0.29) is 10.8 Å². The van der Waals surface area contributed by atoms with Gasteiger partial charge in [0, 0.05) is 49.6 Å². The van der Waals surface area contributed by atoms with Gasteiger partial charge in [0.1, 0.15) is 0 Å². The Hall–Kier alpha value is -7.37. The monoisotopic (exact) mass is 799 g/mol. The van der Waals surface area contributed by atoms with Crippen molar-refractivity contribution in [2.24, 2.45) is 0 Å². The lowest BCUT2D eigenvalue weighted by atomic mass is 9.63. The Morgan fingerprint density at radius 1 is 0.371 bits per heavy atom. The normalized spacial score (nSPS) is 14.6. The average Bonchev–Trinajstić information content (AvgIpc) is 3.82. The SMILES string of the molecule is CC1(C)CCC(C)(C)c2cc3c(cc21)c1ccccc1n3-c1cccc(-c2nc(-c3ccc4c(c3)c3ccccc3n4-c3ccccc3)nc(-c3cccc4ccccc34)n2)c1. The molecule has 0 aliphatic heterocycles. The van der Waals surface area contributed by atoms with Crippen molar-refractivity contribution in [3.8, 4) is 45.5 Å². The summed E-state index contributed by atoms with van der Waals surface area (Å²) in [5.41, 5.74) is 12.9. The van der Waals surface area contributed by atoms with E-state index in [9.17, 15) is 0 Å². The van der Waals surface area contributed by atoms with Crippen molar-refractivity contribution >= 4 is 54.4 Å². The number of hydrogen-bond acceptors (Lipinski definition) is 3. The van der Waals surface area contributed by atoms with Crippen molar-refractivity contribution in [1.29, 1.82) is 0 Å². The van der Waals surface area contributed by atoms with Crippen molar-refractivity contribution in [2.45, 2.75) is 51.4 Å². The summed E-state index contributed by atoms with van der Waals surface area (Å²) in [6.45, 7) is 9.63. The van der Waals surface area contributed by atoms with Gasteiger partial charge in [-0.15, -0.1) is 0 Å². The molecular weight excluding hydrogens is 755 g/mol. The minimum atomic E-state index is 0.0843. The van der Waals surface area contributed by atoms with Crippen LogP contribution in [0.5, 0.6) is 0 Å². The molecule has 0 bridgehead atoms. The molecule has 11 aromatic rings. The minimum absolute atomic E-state index is 0.0843. The molecule has 0 spiro atoms. The average molecular weight is 800 g/mol. The van der Waals surface area contributed by atoms with Crippen molar-refractivity contribution in [1.82, 2.24) is 24.1 Å². The quantitative estimate of drug-likeness (QED) is 0.174. The fourth-order valence-electron chi connectivity index (χ4n) is 10.2. The molecule has 12 rings (SSSR count). The number of aromatic nitrogens is 5. The van der Waals surface area contributed by atoms with Crippen molar-refractivity contribution in [3.63, 3.8) is 0 Å². The van der Waals surface area contributed by atoms with Gasteiger partial charge in [0.05, 0.1) is 22.1 Å². The largest absolute Gasteiger partial charge is 0.309 e. The summed E-state index contributed by atoms with van der Waals surface area (Å²) in [5, 5.41) is 7.14. The second-order valence-corrected chi connectivity index (χ2v) is 18.3. The van der Waals surface area contributed by atoms with Gasteiger partial charge >= 0.3 is 0 Å². The van der Waals surface area contributed by atoms with Gasteiger partial charge in [-0.05, 0) is 112 Å². The smallest absolute Gasteiger partial charge is 0.164 e. The maximum absolute atomic E-state index is 5.33. The van der Waals surface area contributed by atoms with Gasteiger partial charge in [-0.1, -0.05) is 137 Å². The summed E-state index contributed by atoms with van der Waals surface area (Å²) in [7, 11) is 0. The van der Waals surface area contributed by atoms with E-state index in [2.05, 4.69) is 213 Å². The van der Waals surface area contributed by atoms with E-state index in [0.29, 0.717) is 17.5 Å². The summed E-state index contributed by atoms with van der Waals surface area (Å²) < 4.78 is 4.78. The van der Waals surface area contributed by atoms with Crippen LogP contribution < -0.4 is 0 Å². The zero-order valence-electron chi connectivity index (χ0n) is 35.4. The van der Waals surface area contributed by atoms with Crippen molar-refractivity contribution in [3.05, 3.63) is 187 Å². The molecule has 0 fully saturated rings. The van der Waals surface area contributed by atoms with E-state index >= 15 is 0 Å². The Morgan fingerprint density at radius 2 is 0.887 bits per heavy atom. The molecule has 5 heteroatoms. The van der Waals surface area contributed by atoms with E-state index in [1.807, 2.05) is 0 Å². The summed E-state index contributed by atoms with van der Waals surface area (Å²) >= 11 is 0. The van der Waals surface area contributed by atoms with Crippen molar-refractivity contribution < 1.29 is 0 Å². The van der Waals surface area contributed by atoms with Crippen LogP contribution in [0, 0.1) is 0 Å². The third-order valence-corrected chi connectivity index (χ3v) is 13.6. The van der Waals surface area contributed by atoms with Gasteiger partial charge in [0.25, 0.3) is 0 Å².